The van der Waals surface area contributed by atoms with E-state index in [-0.39, 0.29) is 0 Å². The van der Waals surface area contributed by atoms with E-state index in [9.17, 15) is 5.11 Å². The van der Waals surface area contributed by atoms with Crippen LogP contribution in [-0.2, 0) is 13.0 Å². The summed E-state index contributed by atoms with van der Waals surface area (Å²) in [7, 11) is 0. The summed E-state index contributed by atoms with van der Waals surface area (Å²) in [5, 5.41) is 14.8. The van der Waals surface area contributed by atoms with Gasteiger partial charge in [0.05, 0.1) is 5.60 Å². The van der Waals surface area contributed by atoms with Gasteiger partial charge in [-0.05, 0) is 25.7 Å². The van der Waals surface area contributed by atoms with Crippen molar-refractivity contribution in [3.63, 3.8) is 0 Å². The Morgan fingerprint density at radius 2 is 2.38 bits per heavy atom. The van der Waals surface area contributed by atoms with Gasteiger partial charge in [-0.25, -0.2) is 4.98 Å². The molecule has 1 N–H and O–H groups in total. The lowest BCUT2D eigenvalue weighted by Gasteiger charge is -2.29. The predicted molar refractivity (Wildman–Crippen MR) is 62.0 cm³/mol. The smallest absolute Gasteiger partial charge is 0.138 e. The van der Waals surface area contributed by atoms with Crippen LogP contribution in [0.3, 0.4) is 0 Å². The Morgan fingerprint density at radius 3 is 3.06 bits per heavy atom. The molecule has 0 spiro atoms. The number of aromatic nitrogens is 3. The lowest BCUT2D eigenvalue weighted by molar-refractivity contribution is -0.00114. The molecule has 1 fully saturated rings. The second kappa shape index (κ2) is 4.53. The molecule has 4 nitrogen and oxygen atoms in total. The van der Waals surface area contributed by atoms with Crippen LogP contribution < -0.4 is 0 Å². The Labute approximate surface area is 96.7 Å². The quantitative estimate of drug-likeness (QED) is 0.846. The van der Waals surface area contributed by atoms with Gasteiger partial charge < -0.3 is 5.11 Å². The van der Waals surface area contributed by atoms with E-state index in [1.54, 1.807) is 6.33 Å². The van der Waals surface area contributed by atoms with E-state index in [1.165, 1.54) is 0 Å². The van der Waals surface area contributed by atoms with Crippen LogP contribution in [0.25, 0.3) is 0 Å². The van der Waals surface area contributed by atoms with E-state index in [4.69, 9.17) is 0 Å². The Morgan fingerprint density at radius 1 is 1.56 bits per heavy atom. The highest BCUT2D eigenvalue weighted by Crippen LogP contribution is 2.39. The van der Waals surface area contributed by atoms with Crippen LogP contribution in [0.5, 0.6) is 0 Å². The maximum atomic E-state index is 10.7. The highest BCUT2D eigenvalue weighted by molar-refractivity contribution is 5.00. The maximum absolute atomic E-state index is 10.7. The van der Waals surface area contributed by atoms with Crippen molar-refractivity contribution in [2.24, 2.45) is 5.92 Å². The first-order valence-corrected chi connectivity index (χ1v) is 6.28. The molecule has 2 unspecified atom stereocenters. The first-order chi connectivity index (χ1) is 7.69. The van der Waals surface area contributed by atoms with Gasteiger partial charge in [0.15, 0.2) is 0 Å². The third kappa shape index (κ3) is 1.98. The Balaban J connectivity index is 2.14. The average molecular weight is 223 g/mol. The largest absolute Gasteiger partial charge is 0.389 e. The minimum atomic E-state index is -0.547. The van der Waals surface area contributed by atoms with Crippen LogP contribution in [0.2, 0.25) is 0 Å². The minimum Gasteiger partial charge on any atom is -0.389 e. The third-order valence-corrected chi connectivity index (χ3v) is 3.87. The van der Waals surface area contributed by atoms with Crippen LogP contribution in [0.15, 0.2) is 6.33 Å². The fraction of sp³-hybridized carbons (Fsp3) is 0.833. The molecular weight excluding hydrogens is 202 g/mol. The highest BCUT2D eigenvalue weighted by Gasteiger charge is 2.40. The highest BCUT2D eigenvalue weighted by atomic mass is 16.3. The van der Waals surface area contributed by atoms with Gasteiger partial charge in [0.1, 0.15) is 12.2 Å². The summed E-state index contributed by atoms with van der Waals surface area (Å²) < 4.78 is 1.88. The molecule has 0 radical (unpaired) electrons. The molecule has 1 saturated carbocycles. The molecule has 0 aliphatic heterocycles. The van der Waals surface area contributed by atoms with Crippen molar-refractivity contribution in [3.8, 4) is 0 Å². The second-order valence-electron chi connectivity index (χ2n) is 4.77. The normalized spacial score (nSPS) is 29.8. The molecule has 0 amide bonds. The molecule has 0 saturated heterocycles. The zero-order valence-electron chi connectivity index (χ0n) is 10.2. The number of aliphatic hydroxyl groups is 1. The standard InChI is InChI=1S/C12H21N3O/c1-3-10-6-5-7-12(10,16)8-11-13-9-14-15(11)4-2/h9-10,16H,3-8H2,1-2H3. The lowest BCUT2D eigenvalue weighted by Crippen LogP contribution is -2.36. The zero-order chi connectivity index (χ0) is 11.6. The molecular formula is C12H21N3O. The SMILES string of the molecule is CCC1CCCC1(O)Cc1ncnn1CC. The lowest BCUT2D eigenvalue weighted by atomic mass is 9.85. The predicted octanol–water partition coefficient (Wildman–Crippen LogP) is 1.78. The third-order valence-electron chi connectivity index (χ3n) is 3.87. The van der Waals surface area contributed by atoms with Crippen molar-refractivity contribution in [1.82, 2.24) is 14.8 Å². The number of aryl methyl sites for hydroxylation is 1. The van der Waals surface area contributed by atoms with Crippen LogP contribution in [0.4, 0.5) is 0 Å². The molecule has 0 aromatic carbocycles. The van der Waals surface area contributed by atoms with E-state index in [1.807, 2.05) is 11.6 Å². The van der Waals surface area contributed by atoms with Gasteiger partial charge in [-0.3, -0.25) is 4.68 Å². The molecule has 1 aromatic heterocycles. The van der Waals surface area contributed by atoms with Crippen LogP contribution in [-0.4, -0.2) is 25.5 Å². The molecule has 1 aliphatic rings. The Hall–Kier alpha value is -0.900. The van der Waals surface area contributed by atoms with Crippen LogP contribution >= 0.6 is 0 Å². The molecule has 1 aliphatic carbocycles. The average Bonchev–Trinajstić information content (AvgIpc) is 2.85. The molecule has 2 rings (SSSR count). The minimum absolute atomic E-state index is 0.425. The summed E-state index contributed by atoms with van der Waals surface area (Å²) in [5.41, 5.74) is -0.547. The van der Waals surface area contributed by atoms with Crippen LogP contribution in [0, 0.1) is 5.92 Å². The summed E-state index contributed by atoms with van der Waals surface area (Å²) in [4.78, 5) is 4.26. The second-order valence-corrected chi connectivity index (χ2v) is 4.77. The summed E-state index contributed by atoms with van der Waals surface area (Å²) >= 11 is 0. The number of hydrogen-bond donors (Lipinski definition) is 1. The molecule has 90 valence electrons. The van der Waals surface area contributed by atoms with Crippen molar-refractivity contribution in [1.29, 1.82) is 0 Å². The van der Waals surface area contributed by atoms with Gasteiger partial charge in [0, 0.05) is 13.0 Å². The van der Waals surface area contributed by atoms with E-state index in [0.29, 0.717) is 12.3 Å². The van der Waals surface area contributed by atoms with Crippen molar-refractivity contribution in [2.45, 2.75) is 58.1 Å². The Kier molecular flexibility index (Phi) is 3.28. The van der Waals surface area contributed by atoms with E-state index < -0.39 is 5.60 Å². The van der Waals surface area contributed by atoms with Crippen molar-refractivity contribution >= 4 is 0 Å². The van der Waals surface area contributed by atoms with Gasteiger partial charge >= 0.3 is 0 Å². The molecule has 4 heteroatoms. The molecule has 2 atom stereocenters. The Bertz CT molecular complexity index is 350. The van der Waals surface area contributed by atoms with Gasteiger partial charge in [0.2, 0.25) is 0 Å². The van der Waals surface area contributed by atoms with Crippen molar-refractivity contribution < 1.29 is 5.11 Å². The topological polar surface area (TPSA) is 50.9 Å². The fourth-order valence-corrected chi connectivity index (χ4v) is 2.91. The zero-order valence-corrected chi connectivity index (χ0v) is 10.2. The summed E-state index contributed by atoms with van der Waals surface area (Å²) in [5.74, 6) is 1.35. The molecule has 0 bridgehead atoms. The van der Waals surface area contributed by atoms with Crippen LogP contribution in [0.1, 0.15) is 45.4 Å². The van der Waals surface area contributed by atoms with Gasteiger partial charge in [-0.2, -0.15) is 5.10 Å². The maximum Gasteiger partial charge on any atom is 0.138 e. The number of rotatable bonds is 4. The van der Waals surface area contributed by atoms with Gasteiger partial charge in [-0.15, -0.1) is 0 Å². The fourth-order valence-electron chi connectivity index (χ4n) is 2.91. The van der Waals surface area contributed by atoms with E-state index >= 15 is 0 Å². The summed E-state index contributed by atoms with van der Waals surface area (Å²) in [6.45, 7) is 5.03. The van der Waals surface area contributed by atoms with Crippen molar-refractivity contribution in [2.75, 3.05) is 0 Å². The first-order valence-electron chi connectivity index (χ1n) is 6.28. The summed E-state index contributed by atoms with van der Waals surface area (Å²) in [6, 6.07) is 0. The van der Waals surface area contributed by atoms with Crippen molar-refractivity contribution in [3.05, 3.63) is 12.2 Å². The molecule has 16 heavy (non-hydrogen) atoms. The first kappa shape index (κ1) is 11.6. The number of nitrogens with zero attached hydrogens (tertiary/aromatic N) is 3. The molecule has 1 heterocycles. The molecule has 1 aromatic rings. The van der Waals surface area contributed by atoms with E-state index in [2.05, 4.69) is 17.0 Å². The number of hydrogen-bond acceptors (Lipinski definition) is 3. The van der Waals surface area contributed by atoms with E-state index in [0.717, 1.165) is 38.1 Å². The monoisotopic (exact) mass is 223 g/mol. The van der Waals surface area contributed by atoms with Gasteiger partial charge in [0.25, 0.3) is 0 Å². The van der Waals surface area contributed by atoms with Gasteiger partial charge in [-0.1, -0.05) is 19.8 Å². The summed E-state index contributed by atoms with van der Waals surface area (Å²) in [6.07, 6.45) is 6.47.